The van der Waals surface area contributed by atoms with Crippen molar-refractivity contribution in [3.8, 4) is 0 Å². The summed E-state index contributed by atoms with van der Waals surface area (Å²) in [7, 11) is 0. The van der Waals surface area contributed by atoms with Crippen molar-refractivity contribution in [1.82, 2.24) is 0 Å². The molecule has 1 aliphatic rings. The second-order valence-corrected chi connectivity index (χ2v) is 5.01. The number of hydrogen-bond donors (Lipinski definition) is 1. The minimum atomic E-state index is -0.761. The van der Waals surface area contributed by atoms with Crippen molar-refractivity contribution in [1.29, 1.82) is 0 Å². The molecule has 1 fully saturated rings. The molecule has 1 aromatic carbocycles. The van der Waals surface area contributed by atoms with Gasteiger partial charge in [-0.3, -0.25) is 0 Å². The number of quaternary nitrogens is 1. The van der Waals surface area contributed by atoms with E-state index in [1.165, 1.54) is 28.5 Å². The third-order valence-electron chi connectivity index (χ3n) is 2.64. The van der Waals surface area contributed by atoms with Gasteiger partial charge in [0, 0.05) is 17.1 Å². The molecule has 0 atom stereocenters. The Morgan fingerprint density at radius 1 is 1.13 bits per heavy atom. The fourth-order valence-electron chi connectivity index (χ4n) is 1.78. The highest BCUT2D eigenvalue weighted by atomic mass is 32.2. The van der Waals surface area contributed by atoms with E-state index in [1.807, 2.05) is 11.8 Å². The molecule has 0 radical (unpaired) electrons. The lowest BCUT2D eigenvalue weighted by Crippen LogP contribution is -3.12. The van der Waals surface area contributed by atoms with Crippen LogP contribution in [0.2, 0.25) is 0 Å². The predicted octanol–water partition coefficient (Wildman–Crippen LogP) is 1.10. The first-order valence-corrected chi connectivity index (χ1v) is 6.26. The van der Waals surface area contributed by atoms with Crippen LogP contribution in [0.5, 0.6) is 0 Å². The SMILES string of the molecule is Fc1ccc(C[NH+]2CCSCC2)cc1F. The normalized spacial score (nSPS) is 18.0. The zero-order valence-corrected chi connectivity index (χ0v) is 9.25. The Balaban J connectivity index is 2.00. The summed E-state index contributed by atoms with van der Waals surface area (Å²) in [6, 6.07) is 4.19. The highest BCUT2D eigenvalue weighted by Crippen LogP contribution is 2.08. The minimum absolute atomic E-state index is 0.738. The van der Waals surface area contributed by atoms with E-state index in [-0.39, 0.29) is 0 Å². The summed E-state index contributed by atoms with van der Waals surface area (Å²) >= 11 is 1.96. The maximum Gasteiger partial charge on any atom is 0.159 e. The second kappa shape index (κ2) is 4.94. The first kappa shape index (κ1) is 10.9. The van der Waals surface area contributed by atoms with Gasteiger partial charge >= 0.3 is 0 Å². The van der Waals surface area contributed by atoms with Gasteiger partial charge in [-0.25, -0.2) is 8.78 Å². The minimum Gasteiger partial charge on any atom is -0.330 e. The van der Waals surface area contributed by atoms with E-state index in [1.54, 1.807) is 6.07 Å². The van der Waals surface area contributed by atoms with Gasteiger partial charge in [0.05, 0.1) is 13.1 Å². The molecule has 0 aliphatic carbocycles. The van der Waals surface area contributed by atoms with E-state index in [0.29, 0.717) is 0 Å². The molecule has 0 amide bonds. The van der Waals surface area contributed by atoms with Crippen LogP contribution in [0.25, 0.3) is 0 Å². The Morgan fingerprint density at radius 2 is 1.87 bits per heavy atom. The fourth-order valence-corrected chi connectivity index (χ4v) is 2.85. The van der Waals surface area contributed by atoms with Crippen LogP contribution in [0.1, 0.15) is 5.56 Å². The van der Waals surface area contributed by atoms with Gasteiger partial charge in [-0.2, -0.15) is 11.8 Å². The summed E-state index contributed by atoms with van der Waals surface area (Å²) in [6.45, 7) is 3.03. The highest BCUT2D eigenvalue weighted by molar-refractivity contribution is 7.99. The molecule has 1 aromatic rings. The van der Waals surface area contributed by atoms with Gasteiger partial charge in [0.15, 0.2) is 11.6 Å². The van der Waals surface area contributed by atoms with Crippen molar-refractivity contribution in [3.63, 3.8) is 0 Å². The smallest absolute Gasteiger partial charge is 0.159 e. The summed E-state index contributed by atoms with van der Waals surface area (Å²) in [4.78, 5) is 1.46. The molecule has 1 nitrogen and oxygen atoms in total. The number of benzene rings is 1. The van der Waals surface area contributed by atoms with Gasteiger partial charge in [-0.1, -0.05) is 6.07 Å². The molecular formula is C11H14F2NS+. The molecule has 0 unspecified atom stereocenters. The quantitative estimate of drug-likeness (QED) is 0.797. The Hall–Kier alpha value is -0.610. The molecule has 1 N–H and O–H groups in total. The van der Waals surface area contributed by atoms with Crippen molar-refractivity contribution >= 4 is 11.8 Å². The topological polar surface area (TPSA) is 4.44 Å². The molecular weight excluding hydrogens is 216 g/mol. The largest absolute Gasteiger partial charge is 0.330 e. The average molecular weight is 230 g/mol. The van der Waals surface area contributed by atoms with Gasteiger partial charge in [0.1, 0.15) is 6.54 Å². The number of thioether (sulfide) groups is 1. The summed E-state index contributed by atoms with van der Waals surface area (Å²) < 4.78 is 25.6. The van der Waals surface area contributed by atoms with Crippen LogP contribution in [0.15, 0.2) is 18.2 Å². The van der Waals surface area contributed by atoms with E-state index in [4.69, 9.17) is 0 Å². The first-order valence-electron chi connectivity index (χ1n) is 5.11. The van der Waals surface area contributed by atoms with Crippen LogP contribution in [0.4, 0.5) is 8.78 Å². The Morgan fingerprint density at radius 3 is 2.53 bits per heavy atom. The average Bonchev–Trinajstić information content (AvgIpc) is 2.25. The molecule has 1 aliphatic heterocycles. The number of nitrogens with one attached hydrogen (secondary N) is 1. The molecule has 0 spiro atoms. The maximum absolute atomic E-state index is 12.9. The maximum atomic E-state index is 12.9. The zero-order valence-electron chi connectivity index (χ0n) is 8.43. The van der Waals surface area contributed by atoms with Crippen molar-refractivity contribution in [2.24, 2.45) is 0 Å². The van der Waals surface area contributed by atoms with E-state index in [9.17, 15) is 8.78 Å². The van der Waals surface area contributed by atoms with Crippen LogP contribution >= 0.6 is 11.8 Å². The van der Waals surface area contributed by atoms with E-state index < -0.39 is 11.6 Å². The Bertz CT molecular complexity index is 337. The van der Waals surface area contributed by atoms with Crippen LogP contribution in [0.3, 0.4) is 0 Å². The Labute approximate surface area is 92.5 Å². The molecule has 15 heavy (non-hydrogen) atoms. The number of rotatable bonds is 2. The van der Waals surface area contributed by atoms with E-state index in [0.717, 1.165) is 25.2 Å². The van der Waals surface area contributed by atoms with Crippen LogP contribution < -0.4 is 4.90 Å². The molecule has 4 heteroatoms. The Kier molecular flexibility index (Phi) is 3.59. The molecule has 0 aromatic heterocycles. The lowest BCUT2D eigenvalue weighted by molar-refractivity contribution is -0.910. The highest BCUT2D eigenvalue weighted by Gasteiger charge is 2.14. The van der Waals surface area contributed by atoms with Gasteiger partial charge in [-0.15, -0.1) is 0 Å². The molecule has 82 valence electrons. The van der Waals surface area contributed by atoms with Crippen molar-refractivity contribution in [2.75, 3.05) is 24.6 Å². The van der Waals surface area contributed by atoms with Gasteiger partial charge < -0.3 is 4.90 Å². The summed E-state index contributed by atoms with van der Waals surface area (Å²) in [5.74, 6) is 0.833. The number of halogens is 2. The first-order chi connectivity index (χ1) is 7.25. The third-order valence-corrected chi connectivity index (χ3v) is 3.62. The lowest BCUT2D eigenvalue weighted by Gasteiger charge is -2.23. The molecule has 1 saturated heterocycles. The van der Waals surface area contributed by atoms with Gasteiger partial charge in [0.2, 0.25) is 0 Å². The summed E-state index contributed by atoms with van der Waals surface area (Å²) in [6.07, 6.45) is 0. The molecule has 0 saturated carbocycles. The molecule has 0 bridgehead atoms. The van der Waals surface area contributed by atoms with Crippen molar-refractivity contribution < 1.29 is 13.7 Å². The fraction of sp³-hybridized carbons (Fsp3) is 0.455. The summed E-state index contributed by atoms with van der Waals surface area (Å²) in [5.41, 5.74) is 0.885. The summed E-state index contributed by atoms with van der Waals surface area (Å²) in [5, 5.41) is 0. The standard InChI is InChI=1S/C11H13F2NS/c12-10-2-1-9(7-11(10)13)8-14-3-5-15-6-4-14/h1-2,7H,3-6,8H2/p+1. The van der Waals surface area contributed by atoms with Crippen molar-refractivity contribution in [3.05, 3.63) is 35.4 Å². The van der Waals surface area contributed by atoms with Gasteiger partial charge in [-0.05, 0) is 12.1 Å². The molecule has 1 heterocycles. The van der Waals surface area contributed by atoms with Crippen LogP contribution in [0, 0.1) is 11.6 Å². The lowest BCUT2D eigenvalue weighted by atomic mass is 10.2. The van der Waals surface area contributed by atoms with Crippen molar-refractivity contribution in [2.45, 2.75) is 6.54 Å². The molecule has 2 rings (SSSR count). The van der Waals surface area contributed by atoms with E-state index in [2.05, 4.69) is 0 Å². The second-order valence-electron chi connectivity index (χ2n) is 3.79. The third kappa shape index (κ3) is 2.92. The van der Waals surface area contributed by atoms with Crippen LogP contribution in [-0.4, -0.2) is 24.6 Å². The zero-order chi connectivity index (χ0) is 10.7. The van der Waals surface area contributed by atoms with E-state index >= 15 is 0 Å². The number of hydrogen-bond acceptors (Lipinski definition) is 1. The van der Waals surface area contributed by atoms with Gasteiger partial charge in [0.25, 0.3) is 0 Å². The van der Waals surface area contributed by atoms with Crippen LogP contribution in [-0.2, 0) is 6.54 Å². The monoisotopic (exact) mass is 230 g/mol. The predicted molar refractivity (Wildman–Crippen MR) is 58.1 cm³/mol.